The molecule has 0 radical (unpaired) electrons. The molecule has 0 aromatic rings. The molecule has 5 heteroatoms. The highest BCUT2D eigenvalue weighted by Crippen LogP contribution is 2.24. The van der Waals surface area contributed by atoms with Gasteiger partial charge in [0.05, 0.1) is 5.75 Å². The van der Waals surface area contributed by atoms with E-state index in [1.54, 1.807) is 11.4 Å². The smallest absolute Gasteiger partial charge is 0.214 e. The summed E-state index contributed by atoms with van der Waals surface area (Å²) in [5.74, 6) is 0.247. The van der Waals surface area contributed by atoms with Crippen molar-refractivity contribution in [2.75, 3.05) is 19.3 Å². The maximum absolute atomic E-state index is 11.9. The summed E-state index contributed by atoms with van der Waals surface area (Å²) in [6.07, 6.45) is 5.83. The number of hydrogen-bond acceptors (Lipinski definition) is 3. The monoisotopic (exact) mass is 234 g/mol. The van der Waals surface area contributed by atoms with Crippen LogP contribution in [0.3, 0.4) is 0 Å². The number of unbranched alkanes of at least 4 members (excludes halogenated alkanes) is 1. The Kier molecular flexibility index (Phi) is 5.02. The van der Waals surface area contributed by atoms with Crippen LogP contribution in [0.1, 0.15) is 38.5 Å². The predicted molar refractivity (Wildman–Crippen MR) is 62.1 cm³/mol. The molecule has 0 unspecified atom stereocenters. The largest absolute Gasteiger partial charge is 0.330 e. The van der Waals surface area contributed by atoms with Crippen LogP contribution in [-0.2, 0) is 10.0 Å². The Morgan fingerprint density at radius 1 is 1.27 bits per heavy atom. The van der Waals surface area contributed by atoms with E-state index >= 15 is 0 Å². The van der Waals surface area contributed by atoms with E-state index < -0.39 is 10.0 Å². The minimum Gasteiger partial charge on any atom is -0.330 e. The van der Waals surface area contributed by atoms with Gasteiger partial charge in [0.1, 0.15) is 0 Å². The molecule has 2 N–H and O–H groups in total. The van der Waals surface area contributed by atoms with Crippen LogP contribution < -0.4 is 5.73 Å². The van der Waals surface area contributed by atoms with Crippen molar-refractivity contribution in [3.8, 4) is 0 Å². The minimum atomic E-state index is -3.04. The van der Waals surface area contributed by atoms with Crippen molar-refractivity contribution in [1.82, 2.24) is 4.31 Å². The fourth-order valence-corrected chi connectivity index (χ4v) is 3.59. The predicted octanol–water partition coefficient (Wildman–Crippen LogP) is 0.929. The van der Waals surface area contributed by atoms with Gasteiger partial charge in [0, 0.05) is 13.1 Å². The Hall–Kier alpha value is -0.130. The quantitative estimate of drug-likeness (QED) is 0.695. The molecule has 1 aliphatic carbocycles. The van der Waals surface area contributed by atoms with Crippen molar-refractivity contribution in [2.45, 2.75) is 44.6 Å². The van der Waals surface area contributed by atoms with E-state index in [0.29, 0.717) is 13.0 Å². The molecule has 1 rings (SSSR count). The van der Waals surface area contributed by atoms with Crippen molar-refractivity contribution >= 4 is 10.0 Å². The second-order valence-corrected chi connectivity index (χ2v) is 6.41. The first kappa shape index (κ1) is 12.9. The van der Waals surface area contributed by atoms with E-state index in [0.717, 1.165) is 32.1 Å². The summed E-state index contributed by atoms with van der Waals surface area (Å²) in [6, 6.07) is 0.243. The molecule has 0 aliphatic heterocycles. The van der Waals surface area contributed by atoms with Gasteiger partial charge in [-0.05, 0) is 32.2 Å². The molecule has 4 nitrogen and oxygen atoms in total. The Labute approximate surface area is 92.9 Å². The normalized spacial score (nSPS) is 18.9. The van der Waals surface area contributed by atoms with Gasteiger partial charge in [0.2, 0.25) is 10.0 Å². The summed E-state index contributed by atoms with van der Waals surface area (Å²) in [6.45, 7) is 0.572. The van der Waals surface area contributed by atoms with E-state index in [4.69, 9.17) is 5.73 Å². The average Bonchev–Trinajstić information content (AvgIpc) is 2.69. The highest BCUT2D eigenvalue weighted by atomic mass is 32.2. The van der Waals surface area contributed by atoms with Crippen LogP contribution in [0, 0.1) is 0 Å². The standard InChI is InChI=1S/C10H22N2O2S/c1-12(10-6-2-3-7-10)15(13,14)9-5-4-8-11/h10H,2-9,11H2,1H3. The Morgan fingerprint density at radius 3 is 2.40 bits per heavy atom. The van der Waals surface area contributed by atoms with Gasteiger partial charge >= 0.3 is 0 Å². The molecule has 1 saturated carbocycles. The number of nitrogens with two attached hydrogens (primary N) is 1. The first-order valence-electron chi connectivity index (χ1n) is 5.73. The van der Waals surface area contributed by atoms with Crippen LogP contribution in [0.4, 0.5) is 0 Å². The van der Waals surface area contributed by atoms with Crippen LogP contribution in [0.5, 0.6) is 0 Å². The number of hydrogen-bond donors (Lipinski definition) is 1. The lowest BCUT2D eigenvalue weighted by Gasteiger charge is -2.23. The second-order valence-electron chi connectivity index (χ2n) is 4.27. The lowest BCUT2D eigenvalue weighted by molar-refractivity contribution is 0.372. The molecule has 0 spiro atoms. The molecule has 0 amide bonds. The van der Waals surface area contributed by atoms with Crippen molar-refractivity contribution < 1.29 is 8.42 Å². The number of sulfonamides is 1. The van der Waals surface area contributed by atoms with E-state index in [1.807, 2.05) is 0 Å². The number of rotatable bonds is 6. The number of nitrogens with zero attached hydrogens (tertiary/aromatic N) is 1. The van der Waals surface area contributed by atoms with Gasteiger partial charge in [-0.15, -0.1) is 0 Å². The zero-order valence-electron chi connectivity index (χ0n) is 9.48. The average molecular weight is 234 g/mol. The summed E-state index contributed by atoms with van der Waals surface area (Å²) in [5.41, 5.74) is 5.35. The van der Waals surface area contributed by atoms with E-state index in [-0.39, 0.29) is 11.8 Å². The van der Waals surface area contributed by atoms with Gasteiger partial charge in [-0.2, -0.15) is 0 Å². The molecule has 0 heterocycles. The molecule has 0 saturated heterocycles. The van der Waals surface area contributed by atoms with E-state index in [9.17, 15) is 8.42 Å². The molecular formula is C10H22N2O2S. The van der Waals surface area contributed by atoms with Crippen LogP contribution in [0.15, 0.2) is 0 Å². The van der Waals surface area contributed by atoms with Crippen molar-refractivity contribution in [3.05, 3.63) is 0 Å². The topological polar surface area (TPSA) is 63.4 Å². The Morgan fingerprint density at radius 2 is 1.87 bits per heavy atom. The molecule has 0 aromatic heterocycles. The minimum absolute atomic E-state index is 0.243. The first-order valence-corrected chi connectivity index (χ1v) is 7.34. The van der Waals surface area contributed by atoms with Crippen LogP contribution in [-0.4, -0.2) is 38.1 Å². The summed E-state index contributed by atoms with van der Waals surface area (Å²) in [5, 5.41) is 0. The lowest BCUT2D eigenvalue weighted by Crippen LogP contribution is -2.36. The second kappa shape index (κ2) is 5.82. The summed E-state index contributed by atoms with van der Waals surface area (Å²) >= 11 is 0. The molecule has 1 aliphatic rings. The molecule has 1 fully saturated rings. The Bertz CT molecular complexity index is 271. The lowest BCUT2D eigenvalue weighted by atomic mass is 10.3. The summed E-state index contributed by atoms with van der Waals surface area (Å²) in [4.78, 5) is 0. The molecule has 0 aromatic carbocycles. The SMILES string of the molecule is CN(C1CCCC1)S(=O)(=O)CCCCN. The fourth-order valence-electron chi connectivity index (χ4n) is 2.07. The molecule has 15 heavy (non-hydrogen) atoms. The molecule has 0 bridgehead atoms. The third-order valence-electron chi connectivity index (χ3n) is 3.13. The van der Waals surface area contributed by atoms with Crippen LogP contribution >= 0.6 is 0 Å². The van der Waals surface area contributed by atoms with Gasteiger partial charge < -0.3 is 5.73 Å². The maximum Gasteiger partial charge on any atom is 0.214 e. The van der Waals surface area contributed by atoms with Crippen molar-refractivity contribution in [2.24, 2.45) is 5.73 Å². The zero-order chi connectivity index (χ0) is 11.3. The Balaban J connectivity index is 2.44. The molecule has 90 valence electrons. The van der Waals surface area contributed by atoms with Gasteiger partial charge in [-0.3, -0.25) is 0 Å². The van der Waals surface area contributed by atoms with Gasteiger partial charge in [0.15, 0.2) is 0 Å². The molecule has 0 atom stereocenters. The van der Waals surface area contributed by atoms with Gasteiger partial charge in [-0.1, -0.05) is 12.8 Å². The van der Waals surface area contributed by atoms with Crippen LogP contribution in [0.2, 0.25) is 0 Å². The maximum atomic E-state index is 11.9. The van der Waals surface area contributed by atoms with Crippen molar-refractivity contribution in [3.63, 3.8) is 0 Å². The third kappa shape index (κ3) is 3.74. The highest BCUT2D eigenvalue weighted by molar-refractivity contribution is 7.89. The fraction of sp³-hybridized carbons (Fsp3) is 1.00. The molecular weight excluding hydrogens is 212 g/mol. The van der Waals surface area contributed by atoms with E-state index in [2.05, 4.69) is 0 Å². The van der Waals surface area contributed by atoms with Gasteiger partial charge in [-0.25, -0.2) is 12.7 Å². The first-order chi connectivity index (χ1) is 7.08. The summed E-state index contributed by atoms with van der Waals surface area (Å²) < 4.78 is 25.3. The van der Waals surface area contributed by atoms with Crippen LogP contribution in [0.25, 0.3) is 0 Å². The highest BCUT2D eigenvalue weighted by Gasteiger charge is 2.27. The van der Waals surface area contributed by atoms with E-state index in [1.165, 1.54) is 0 Å². The summed E-state index contributed by atoms with van der Waals surface area (Å²) in [7, 11) is -1.32. The van der Waals surface area contributed by atoms with Crippen molar-refractivity contribution in [1.29, 1.82) is 0 Å². The zero-order valence-corrected chi connectivity index (χ0v) is 10.3. The third-order valence-corrected chi connectivity index (χ3v) is 5.11. The van der Waals surface area contributed by atoms with Gasteiger partial charge in [0.25, 0.3) is 0 Å².